The molecule has 0 radical (unpaired) electrons. The van der Waals surface area contributed by atoms with E-state index in [1.54, 1.807) is 13.3 Å². The fourth-order valence-corrected chi connectivity index (χ4v) is 0.922. The van der Waals surface area contributed by atoms with Crippen LogP contribution in [0.3, 0.4) is 0 Å². The first-order valence-corrected chi connectivity index (χ1v) is 4.01. The second-order valence-corrected chi connectivity index (χ2v) is 2.82. The lowest BCUT2D eigenvalue weighted by Gasteiger charge is -2.00. The van der Waals surface area contributed by atoms with Gasteiger partial charge in [-0.25, -0.2) is 0 Å². The van der Waals surface area contributed by atoms with Gasteiger partial charge in [0.1, 0.15) is 0 Å². The summed E-state index contributed by atoms with van der Waals surface area (Å²) in [5, 5.41) is 4.13. The van der Waals surface area contributed by atoms with Crippen LogP contribution in [0.5, 0.6) is 0 Å². The van der Waals surface area contributed by atoms with E-state index in [-0.39, 0.29) is 6.04 Å². The lowest BCUT2D eigenvalue weighted by atomic mass is 10.2. The van der Waals surface area contributed by atoms with Crippen LogP contribution in [-0.2, 0) is 11.3 Å². The number of rotatable bonds is 4. The van der Waals surface area contributed by atoms with Crippen molar-refractivity contribution < 1.29 is 4.74 Å². The SMILES string of the molecule is COCCn1cc(C(C)N)cn1. The molecule has 0 aromatic carbocycles. The predicted molar refractivity (Wildman–Crippen MR) is 46.7 cm³/mol. The van der Waals surface area contributed by atoms with Crippen molar-refractivity contribution >= 4 is 0 Å². The molecule has 1 heterocycles. The Morgan fingerprint density at radius 3 is 3.00 bits per heavy atom. The molecule has 12 heavy (non-hydrogen) atoms. The van der Waals surface area contributed by atoms with Crippen molar-refractivity contribution in [2.45, 2.75) is 19.5 Å². The van der Waals surface area contributed by atoms with Gasteiger partial charge in [-0.15, -0.1) is 0 Å². The molecule has 4 heteroatoms. The van der Waals surface area contributed by atoms with Crippen LogP contribution in [0.2, 0.25) is 0 Å². The van der Waals surface area contributed by atoms with E-state index in [0.717, 1.165) is 12.1 Å². The minimum atomic E-state index is 0.0568. The Bertz CT molecular complexity index is 232. The van der Waals surface area contributed by atoms with E-state index in [4.69, 9.17) is 10.5 Å². The number of hydrogen-bond donors (Lipinski definition) is 1. The smallest absolute Gasteiger partial charge is 0.0658 e. The number of hydrogen-bond acceptors (Lipinski definition) is 3. The molecule has 2 N–H and O–H groups in total. The molecule has 1 aromatic rings. The third-order valence-corrected chi connectivity index (χ3v) is 1.70. The van der Waals surface area contributed by atoms with E-state index in [9.17, 15) is 0 Å². The summed E-state index contributed by atoms with van der Waals surface area (Å²) in [5.74, 6) is 0. The van der Waals surface area contributed by atoms with Crippen molar-refractivity contribution in [3.63, 3.8) is 0 Å². The zero-order chi connectivity index (χ0) is 8.97. The molecular weight excluding hydrogens is 154 g/mol. The van der Waals surface area contributed by atoms with Crippen LogP contribution in [0.1, 0.15) is 18.5 Å². The van der Waals surface area contributed by atoms with E-state index in [1.165, 1.54) is 0 Å². The quantitative estimate of drug-likeness (QED) is 0.716. The molecule has 1 rings (SSSR count). The highest BCUT2D eigenvalue weighted by molar-refractivity contribution is 5.07. The van der Waals surface area contributed by atoms with Crippen LogP contribution in [0.15, 0.2) is 12.4 Å². The van der Waals surface area contributed by atoms with Crippen molar-refractivity contribution in [3.8, 4) is 0 Å². The Kier molecular flexibility index (Phi) is 3.25. The van der Waals surface area contributed by atoms with Gasteiger partial charge in [0.25, 0.3) is 0 Å². The second kappa shape index (κ2) is 4.23. The summed E-state index contributed by atoms with van der Waals surface area (Å²) in [6, 6.07) is 0.0568. The minimum Gasteiger partial charge on any atom is -0.383 e. The van der Waals surface area contributed by atoms with Crippen LogP contribution in [0.4, 0.5) is 0 Å². The molecule has 0 spiro atoms. The molecular formula is C8H15N3O. The summed E-state index contributed by atoms with van der Waals surface area (Å²) in [6.07, 6.45) is 3.74. The molecule has 0 aliphatic rings. The van der Waals surface area contributed by atoms with Gasteiger partial charge in [-0.3, -0.25) is 4.68 Å². The number of nitrogens with two attached hydrogens (primary N) is 1. The third kappa shape index (κ3) is 2.32. The Morgan fingerprint density at radius 2 is 2.50 bits per heavy atom. The average Bonchev–Trinajstić information content (AvgIpc) is 2.48. The van der Waals surface area contributed by atoms with Crippen LogP contribution in [0, 0.1) is 0 Å². The molecule has 1 atom stereocenters. The lowest BCUT2D eigenvalue weighted by molar-refractivity contribution is 0.183. The summed E-state index contributed by atoms with van der Waals surface area (Å²) >= 11 is 0. The molecule has 1 aromatic heterocycles. The number of nitrogens with zero attached hydrogens (tertiary/aromatic N) is 2. The zero-order valence-electron chi connectivity index (χ0n) is 7.53. The van der Waals surface area contributed by atoms with Crippen LogP contribution >= 0.6 is 0 Å². The highest BCUT2D eigenvalue weighted by Crippen LogP contribution is 2.06. The summed E-state index contributed by atoms with van der Waals surface area (Å²) in [6.45, 7) is 3.40. The average molecular weight is 169 g/mol. The van der Waals surface area contributed by atoms with E-state index < -0.39 is 0 Å². The highest BCUT2D eigenvalue weighted by atomic mass is 16.5. The monoisotopic (exact) mass is 169 g/mol. The molecule has 0 saturated carbocycles. The van der Waals surface area contributed by atoms with Gasteiger partial charge < -0.3 is 10.5 Å². The van der Waals surface area contributed by atoms with Crippen molar-refractivity contribution in [2.24, 2.45) is 5.73 Å². The van der Waals surface area contributed by atoms with Crippen LogP contribution in [0.25, 0.3) is 0 Å². The molecule has 0 saturated heterocycles. The molecule has 0 amide bonds. The highest BCUT2D eigenvalue weighted by Gasteiger charge is 2.01. The molecule has 0 fully saturated rings. The van der Waals surface area contributed by atoms with Gasteiger partial charge >= 0.3 is 0 Å². The summed E-state index contributed by atoms with van der Waals surface area (Å²) in [5.41, 5.74) is 6.73. The van der Waals surface area contributed by atoms with Gasteiger partial charge in [0.2, 0.25) is 0 Å². The summed E-state index contributed by atoms with van der Waals surface area (Å²) < 4.78 is 6.76. The fourth-order valence-electron chi connectivity index (χ4n) is 0.922. The molecule has 0 aliphatic carbocycles. The standard InChI is InChI=1S/C8H15N3O/c1-7(9)8-5-10-11(6-8)3-4-12-2/h5-7H,3-4,9H2,1-2H3. The first kappa shape index (κ1) is 9.22. The van der Waals surface area contributed by atoms with Crippen LogP contribution < -0.4 is 5.73 Å². The topological polar surface area (TPSA) is 53.1 Å². The van der Waals surface area contributed by atoms with E-state index >= 15 is 0 Å². The van der Waals surface area contributed by atoms with Gasteiger partial charge in [0, 0.05) is 24.9 Å². The number of ether oxygens (including phenoxy) is 1. The predicted octanol–water partition coefficient (Wildman–Crippen LogP) is 0.549. The van der Waals surface area contributed by atoms with E-state index in [0.29, 0.717) is 6.61 Å². The maximum atomic E-state index is 5.67. The van der Waals surface area contributed by atoms with Gasteiger partial charge in [0.15, 0.2) is 0 Å². The Balaban J connectivity index is 2.52. The molecule has 68 valence electrons. The maximum Gasteiger partial charge on any atom is 0.0658 e. The molecule has 0 bridgehead atoms. The molecule has 4 nitrogen and oxygen atoms in total. The van der Waals surface area contributed by atoms with Gasteiger partial charge in [-0.05, 0) is 6.92 Å². The summed E-state index contributed by atoms with van der Waals surface area (Å²) in [4.78, 5) is 0. The third-order valence-electron chi connectivity index (χ3n) is 1.70. The Labute approximate surface area is 72.3 Å². The Hall–Kier alpha value is -0.870. The van der Waals surface area contributed by atoms with Crippen molar-refractivity contribution in [1.29, 1.82) is 0 Å². The molecule has 1 unspecified atom stereocenters. The number of methoxy groups -OCH3 is 1. The first-order chi connectivity index (χ1) is 5.74. The fraction of sp³-hybridized carbons (Fsp3) is 0.625. The van der Waals surface area contributed by atoms with Crippen LogP contribution in [-0.4, -0.2) is 23.5 Å². The number of aromatic nitrogens is 2. The normalized spacial score (nSPS) is 13.2. The van der Waals surface area contributed by atoms with Gasteiger partial charge in [-0.1, -0.05) is 0 Å². The summed E-state index contributed by atoms with van der Waals surface area (Å²) in [7, 11) is 1.68. The maximum absolute atomic E-state index is 5.67. The van der Waals surface area contributed by atoms with Gasteiger partial charge in [0.05, 0.1) is 19.3 Å². The lowest BCUT2D eigenvalue weighted by Crippen LogP contribution is -2.05. The van der Waals surface area contributed by atoms with E-state index in [2.05, 4.69) is 5.10 Å². The van der Waals surface area contributed by atoms with E-state index in [1.807, 2.05) is 17.8 Å². The Morgan fingerprint density at radius 1 is 1.75 bits per heavy atom. The first-order valence-electron chi connectivity index (χ1n) is 4.01. The van der Waals surface area contributed by atoms with Crippen molar-refractivity contribution in [1.82, 2.24) is 9.78 Å². The van der Waals surface area contributed by atoms with Crippen molar-refractivity contribution in [3.05, 3.63) is 18.0 Å². The second-order valence-electron chi connectivity index (χ2n) is 2.82. The zero-order valence-corrected chi connectivity index (χ0v) is 7.53. The minimum absolute atomic E-state index is 0.0568. The largest absolute Gasteiger partial charge is 0.383 e. The molecule has 0 aliphatic heterocycles. The van der Waals surface area contributed by atoms with Crippen molar-refractivity contribution in [2.75, 3.05) is 13.7 Å². The van der Waals surface area contributed by atoms with Gasteiger partial charge in [-0.2, -0.15) is 5.10 Å².